The number of fused-ring (bicyclic) bond motifs is 1. The second-order valence-corrected chi connectivity index (χ2v) is 6.60. The minimum atomic E-state index is -0.778. The first-order valence-electron chi connectivity index (χ1n) is 9.18. The summed E-state index contributed by atoms with van der Waals surface area (Å²) < 4.78 is 7.31. The number of carbonyl (C=O) groups excluding carboxylic acids is 3. The number of imide groups is 2. The Morgan fingerprint density at radius 1 is 1.03 bits per heavy atom. The molecule has 0 saturated carbocycles. The van der Waals surface area contributed by atoms with Gasteiger partial charge in [-0.2, -0.15) is 0 Å². The van der Waals surface area contributed by atoms with Gasteiger partial charge in [-0.15, -0.1) is 0 Å². The van der Waals surface area contributed by atoms with Crippen LogP contribution in [-0.2, 0) is 16.6 Å². The van der Waals surface area contributed by atoms with Crippen LogP contribution in [-0.4, -0.2) is 29.0 Å². The maximum atomic E-state index is 13.0. The maximum Gasteiger partial charge on any atom is 0.335 e. The van der Waals surface area contributed by atoms with E-state index in [4.69, 9.17) is 4.74 Å². The molecule has 0 atom stereocenters. The monoisotopic (exact) mass is 389 g/mol. The van der Waals surface area contributed by atoms with Gasteiger partial charge in [-0.3, -0.25) is 14.9 Å². The van der Waals surface area contributed by atoms with Crippen molar-refractivity contribution in [1.82, 2.24) is 9.88 Å². The molecule has 1 N–H and O–H groups in total. The second-order valence-electron chi connectivity index (χ2n) is 6.60. The van der Waals surface area contributed by atoms with Gasteiger partial charge in [-0.05, 0) is 43.3 Å². The number of nitrogens with zero attached hydrogens (tertiary/aromatic N) is 2. The Morgan fingerprint density at radius 3 is 2.48 bits per heavy atom. The number of aryl methyl sites for hydroxylation is 1. The van der Waals surface area contributed by atoms with E-state index in [1.54, 1.807) is 24.3 Å². The molecule has 1 fully saturated rings. The molecule has 7 nitrogen and oxygen atoms in total. The van der Waals surface area contributed by atoms with E-state index in [2.05, 4.69) is 5.32 Å². The van der Waals surface area contributed by atoms with Gasteiger partial charge in [0.1, 0.15) is 11.3 Å². The van der Waals surface area contributed by atoms with Gasteiger partial charge in [-0.1, -0.05) is 18.2 Å². The number of carbonyl (C=O) groups is 3. The molecule has 4 rings (SSSR count). The van der Waals surface area contributed by atoms with Crippen LogP contribution in [0.15, 0.2) is 60.3 Å². The topological polar surface area (TPSA) is 80.6 Å². The van der Waals surface area contributed by atoms with Crippen molar-refractivity contribution < 1.29 is 19.1 Å². The van der Waals surface area contributed by atoms with Gasteiger partial charge in [0, 0.05) is 29.7 Å². The third kappa shape index (κ3) is 3.27. The van der Waals surface area contributed by atoms with Crippen LogP contribution in [0.1, 0.15) is 12.5 Å². The minimum absolute atomic E-state index is 0.102. The summed E-state index contributed by atoms with van der Waals surface area (Å²) in [6, 6.07) is 13.5. The Kier molecular flexibility index (Phi) is 4.64. The van der Waals surface area contributed by atoms with Crippen molar-refractivity contribution in [3.63, 3.8) is 0 Å². The number of aromatic nitrogens is 1. The van der Waals surface area contributed by atoms with Gasteiger partial charge in [0.15, 0.2) is 0 Å². The predicted octanol–water partition coefficient (Wildman–Crippen LogP) is 3.24. The van der Waals surface area contributed by atoms with Gasteiger partial charge in [-0.25, -0.2) is 9.69 Å². The van der Waals surface area contributed by atoms with Crippen molar-refractivity contribution >= 4 is 40.5 Å². The lowest BCUT2D eigenvalue weighted by atomic mass is 10.1. The van der Waals surface area contributed by atoms with E-state index in [0.717, 1.165) is 21.4 Å². The van der Waals surface area contributed by atoms with Crippen LogP contribution in [0.4, 0.5) is 10.5 Å². The molecule has 1 aliphatic heterocycles. The summed E-state index contributed by atoms with van der Waals surface area (Å²) in [7, 11) is 1.89. The number of anilines is 1. The molecule has 1 saturated heterocycles. The van der Waals surface area contributed by atoms with Crippen molar-refractivity contribution in [1.29, 1.82) is 0 Å². The van der Waals surface area contributed by atoms with E-state index < -0.39 is 17.8 Å². The quantitative estimate of drug-likeness (QED) is 0.549. The molecule has 1 aromatic heterocycles. The first-order valence-corrected chi connectivity index (χ1v) is 9.18. The lowest BCUT2D eigenvalue weighted by Gasteiger charge is -2.26. The van der Waals surface area contributed by atoms with Crippen molar-refractivity contribution in [2.75, 3.05) is 11.5 Å². The normalized spacial score (nSPS) is 15.9. The smallest absolute Gasteiger partial charge is 0.335 e. The molecule has 0 unspecified atom stereocenters. The number of rotatable bonds is 4. The van der Waals surface area contributed by atoms with Crippen LogP contribution in [0.5, 0.6) is 5.75 Å². The molecular weight excluding hydrogens is 370 g/mol. The van der Waals surface area contributed by atoms with Crippen molar-refractivity contribution in [3.05, 3.63) is 65.9 Å². The molecular formula is C22H19N3O4. The maximum absolute atomic E-state index is 13.0. The largest absolute Gasteiger partial charge is 0.494 e. The Balaban J connectivity index is 1.74. The SMILES string of the molecule is CCOc1ccc(N2C(=O)NC(=O)/C(=C\c3cn(C)c4ccccc34)C2=O)cc1. The lowest BCUT2D eigenvalue weighted by molar-refractivity contribution is -0.122. The third-order valence-corrected chi connectivity index (χ3v) is 4.74. The zero-order valence-electron chi connectivity index (χ0n) is 16.0. The van der Waals surface area contributed by atoms with Crippen molar-refractivity contribution in [2.45, 2.75) is 6.92 Å². The van der Waals surface area contributed by atoms with Gasteiger partial charge in [0.2, 0.25) is 0 Å². The highest BCUT2D eigenvalue weighted by atomic mass is 16.5. The van der Waals surface area contributed by atoms with Crippen molar-refractivity contribution in [2.24, 2.45) is 7.05 Å². The highest BCUT2D eigenvalue weighted by molar-refractivity contribution is 6.39. The first-order chi connectivity index (χ1) is 14.0. The molecule has 2 heterocycles. The molecule has 0 radical (unpaired) electrons. The molecule has 0 spiro atoms. The van der Waals surface area contributed by atoms with Gasteiger partial charge >= 0.3 is 6.03 Å². The Hall–Kier alpha value is -3.87. The summed E-state index contributed by atoms with van der Waals surface area (Å²) in [6.07, 6.45) is 3.36. The van der Waals surface area contributed by atoms with Gasteiger partial charge < -0.3 is 9.30 Å². The Bertz CT molecular complexity index is 1160. The van der Waals surface area contributed by atoms with Crippen LogP contribution in [0.25, 0.3) is 17.0 Å². The number of ether oxygens (including phenoxy) is 1. The van der Waals surface area contributed by atoms with E-state index in [1.165, 1.54) is 6.08 Å². The van der Waals surface area contributed by atoms with Crippen molar-refractivity contribution in [3.8, 4) is 5.75 Å². The molecule has 29 heavy (non-hydrogen) atoms. The molecule has 7 heteroatoms. The number of para-hydroxylation sites is 1. The fourth-order valence-corrected chi connectivity index (χ4v) is 3.39. The summed E-state index contributed by atoms with van der Waals surface area (Å²) in [5.74, 6) is -0.755. The third-order valence-electron chi connectivity index (χ3n) is 4.74. The van der Waals surface area contributed by atoms with Crippen LogP contribution < -0.4 is 15.0 Å². The fourth-order valence-electron chi connectivity index (χ4n) is 3.39. The van der Waals surface area contributed by atoms with Crippen LogP contribution in [0, 0.1) is 0 Å². The molecule has 0 aliphatic carbocycles. The van der Waals surface area contributed by atoms with Crippen LogP contribution in [0.3, 0.4) is 0 Å². The summed E-state index contributed by atoms with van der Waals surface area (Å²) in [5, 5.41) is 3.15. The number of hydrogen-bond donors (Lipinski definition) is 1. The van der Waals surface area contributed by atoms with Crippen LogP contribution >= 0.6 is 0 Å². The zero-order valence-corrected chi connectivity index (χ0v) is 16.0. The molecule has 4 amide bonds. The van der Waals surface area contributed by atoms with Crippen LogP contribution in [0.2, 0.25) is 0 Å². The van der Waals surface area contributed by atoms with E-state index in [9.17, 15) is 14.4 Å². The standard InChI is InChI=1S/C22H19N3O4/c1-3-29-16-10-8-15(9-11-16)25-21(27)18(20(26)23-22(25)28)12-14-13-24(2)19-7-5-4-6-17(14)19/h4-13H,3H2,1-2H3,(H,23,26,28)/b18-12+. The fraction of sp³-hybridized carbons (Fsp3) is 0.136. The summed E-state index contributed by atoms with van der Waals surface area (Å²) >= 11 is 0. The predicted molar refractivity (Wildman–Crippen MR) is 110 cm³/mol. The number of nitrogens with one attached hydrogen (secondary N) is 1. The lowest BCUT2D eigenvalue weighted by Crippen LogP contribution is -2.54. The van der Waals surface area contributed by atoms with Gasteiger partial charge in [0.05, 0.1) is 12.3 Å². The average Bonchev–Trinajstić information content (AvgIpc) is 3.02. The first kappa shape index (κ1) is 18.5. The Labute approximate surface area is 167 Å². The summed E-state index contributed by atoms with van der Waals surface area (Å²) in [4.78, 5) is 38.8. The average molecular weight is 389 g/mol. The number of amides is 4. The van der Waals surface area contributed by atoms with Gasteiger partial charge in [0.25, 0.3) is 11.8 Å². The van der Waals surface area contributed by atoms with E-state index in [-0.39, 0.29) is 5.57 Å². The van der Waals surface area contributed by atoms with E-state index in [0.29, 0.717) is 18.0 Å². The number of urea groups is 1. The molecule has 0 bridgehead atoms. The molecule has 1 aliphatic rings. The second kappa shape index (κ2) is 7.27. The summed E-state index contributed by atoms with van der Waals surface area (Å²) in [6.45, 7) is 2.38. The number of hydrogen-bond acceptors (Lipinski definition) is 4. The molecule has 3 aromatic rings. The van der Waals surface area contributed by atoms with E-state index >= 15 is 0 Å². The molecule has 146 valence electrons. The number of benzene rings is 2. The Morgan fingerprint density at radius 2 is 1.76 bits per heavy atom. The molecule has 2 aromatic carbocycles. The number of barbiturate groups is 1. The highest BCUT2D eigenvalue weighted by Crippen LogP contribution is 2.27. The zero-order chi connectivity index (χ0) is 20.5. The van der Waals surface area contributed by atoms with E-state index in [1.807, 2.05) is 49.0 Å². The highest BCUT2D eigenvalue weighted by Gasteiger charge is 2.37. The minimum Gasteiger partial charge on any atom is -0.494 e. The summed E-state index contributed by atoms with van der Waals surface area (Å²) in [5.41, 5.74) is 1.95.